The molecule has 2 N–H and O–H groups in total. The molecule has 1 aliphatic heterocycles. The maximum Gasteiger partial charge on any atom is 0.309 e. The first-order valence-corrected chi connectivity index (χ1v) is 9.62. The van der Waals surface area contributed by atoms with Gasteiger partial charge in [0.1, 0.15) is 11.6 Å². The number of nitrogens with one attached hydrogen (secondary N) is 1. The second-order valence-electron chi connectivity index (χ2n) is 7.64. The first-order valence-electron chi connectivity index (χ1n) is 9.62. The van der Waals surface area contributed by atoms with Gasteiger partial charge in [-0.25, -0.2) is 8.78 Å². The van der Waals surface area contributed by atoms with Gasteiger partial charge in [0.15, 0.2) is 11.5 Å². The van der Waals surface area contributed by atoms with E-state index in [1.807, 2.05) is 4.90 Å². The Hall–Kier alpha value is -2.81. The van der Waals surface area contributed by atoms with Crippen LogP contribution >= 0.6 is 0 Å². The smallest absolute Gasteiger partial charge is 0.309 e. The molecule has 154 valence electrons. The van der Waals surface area contributed by atoms with Gasteiger partial charge in [-0.2, -0.15) is 0 Å². The van der Waals surface area contributed by atoms with Crippen molar-refractivity contribution in [3.63, 3.8) is 0 Å². The minimum Gasteiger partial charge on any atom is -0.481 e. The number of carbonyl (C=O) groups excluding carboxylic acids is 1. The van der Waals surface area contributed by atoms with Gasteiger partial charge in [-0.3, -0.25) is 14.5 Å². The van der Waals surface area contributed by atoms with Crippen molar-refractivity contribution in [2.24, 2.45) is 11.8 Å². The van der Waals surface area contributed by atoms with Crippen LogP contribution < -0.4 is 5.32 Å². The average molecular weight is 405 g/mol. The molecule has 1 unspecified atom stereocenters. The molecule has 7 nitrogen and oxygen atoms in total. The van der Waals surface area contributed by atoms with E-state index in [9.17, 15) is 23.5 Å². The first-order chi connectivity index (χ1) is 13.9. The van der Waals surface area contributed by atoms with Gasteiger partial charge < -0.3 is 14.9 Å². The molecule has 4 rings (SSSR count). The van der Waals surface area contributed by atoms with E-state index in [1.54, 1.807) is 0 Å². The molecule has 2 atom stereocenters. The number of hydrogen-bond donors (Lipinski definition) is 2. The van der Waals surface area contributed by atoms with E-state index in [2.05, 4.69) is 10.5 Å². The number of nitrogens with zero attached hydrogens (tertiary/aromatic N) is 2. The largest absolute Gasteiger partial charge is 0.481 e. The van der Waals surface area contributed by atoms with Crippen molar-refractivity contribution in [2.75, 3.05) is 13.1 Å². The number of aliphatic carboxylic acids is 1. The van der Waals surface area contributed by atoms with Crippen molar-refractivity contribution in [2.45, 2.75) is 31.8 Å². The molecular formula is C20H21F2N3O4. The maximum atomic E-state index is 13.9. The zero-order chi connectivity index (χ0) is 20.5. The number of carbonyl (C=O) groups is 2. The van der Waals surface area contributed by atoms with Crippen LogP contribution in [0.1, 0.15) is 36.2 Å². The van der Waals surface area contributed by atoms with Gasteiger partial charge in [0, 0.05) is 25.2 Å². The fourth-order valence-electron chi connectivity index (χ4n) is 3.76. The van der Waals surface area contributed by atoms with Crippen LogP contribution in [-0.4, -0.2) is 46.3 Å². The lowest BCUT2D eigenvalue weighted by Gasteiger charge is -2.39. The van der Waals surface area contributed by atoms with Crippen LogP contribution in [0, 0.1) is 23.5 Å². The fourth-order valence-corrected chi connectivity index (χ4v) is 3.76. The molecular weight excluding hydrogens is 384 g/mol. The monoisotopic (exact) mass is 405 g/mol. The van der Waals surface area contributed by atoms with Crippen LogP contribution in [0.5, 0.6) is 0 Å². The van der Waals surface area contributed by atoms with Crippen LogP contribution in [0.4, 0.5) is 8.78 Å². The molecule has 29 heavy (non-hydrogen) atoms. The van der Waals surface area contributed by atoms with E-state index < -0.39 is 35.6 Å². The van der Waals surface area contributed by atoms with Gasteiger partial charge in [-0.05, 0) is 43.7 Å². The van der Waals surface area contributed by atoms with Crippen molar-refractivity contribution >= 4 is 11.9 Å². The summed E-state index contributed by atoms with van der Waals surface area (Å²) in [4.78, 5) is 26.4. The molecule has 1 aromatic heterocycles. The molecule has 1 aromatic carbocycles. The predicted molar refractivity (Wildman–Crippen MR) is 97.8 cm³/mol. The van der Waals surface area contributed by atoms with Gasteiger partial charge in [0.2, 0.25) is 0 Å². The van der Waals surface area contributed by atoms with Crippen LogP contribution in [0.15, 0.2) is 28.8 Å². The SMILES string of the molecule is O=C(NC1[C@H](C(=O)O)CCCN1CC1CC1)c1cc(-c2ccc(F)cc2F)on1. The van der Waals surface area contributed by atoms with E-state index in [0.717, 1.165) is 38.4 Å². The Morgan fingerprint density at radius 2 is 2.03 bits per heavy atom. The van der Waals surface area contributed by atoms with Gasteiger partial charge in [-0.15, -0.1) is 0 Å². The van der Waals surface area contributed by atoms with Gasteiger partial charge in [0.25, 0.3) is 5.91 Å². The minimum absolute atomic E-state index is 0.0130. The Labute approximate surface area is 165 Å². The van der Waals surface area contributed by atoms with Gasteiger partial charge in [0.05, 0.1) is 17.6 Å². The summed E-state index contributed by atoms with van der Waals surface area (Å²) in [6.07, 6.45) is 2.83. The predicted octanol–water partition coefficient (Wildman–Crippen LogP) is 2.88. The van der Waals surface area contributed by atoms with Crippen LogP contribution in [0.25, 0.3) is 11.3 Å². The lowest BCUT2D eigenvalue weighted by atomic mass is 9.93. The molecule has 0 bridgehead atoms. The lowest BCUT2D eigenvalue weighted by molar-refractivity contribution is -0.146. The number of hydrogen-bond acceptors (Lipinski definition) is 5. The molecule has 0 radical (unpaired) electrons. The lowest BCUT2D eigenvalue weighted by Crippen LogP contribution is -2.57. The summed E-state index contributed by atoms with van der Waals surface area (Å²) in [7, 11) is 0. The molecule has 2 aromatic rings. The van der Waals surface area contributed by atoms with Gasteiger partial charge in [-0.1, -0.05) is 5.16 Å². The highest BCUT2D eigenvalue weighted by Gasteiger charge is 2.39. The summed E-state index contributed by atoms with van der Waals surface area (Å²) in [5, 5.41) is 16.0. The van der Waals surface area contributed by atoms with Gasteiger partial charge >= 0.3 is 5.97 Å². The highest BCUT2D eigenvalue weighted by atomic mass is 19.1. The summed E-state index contributed by atoms with van der Waals surface area (Å²) in [6, 6.07) is 4.25. The number of piperidine rings is 1. The third-order valence-electron chi connectivity index (χ3n) is 5.46. The number of aromatic nitrogens is 1. The Bertz CT molecular complexity index is 928. The van der Waals surface area contributed by atoms with E-state index in [1.165, 1.54) is 12.1 Å². The Morgan fingerprint density at radius 3 is 2.72 bits per heavy atom. The van der Waals surface area contributed by atoms with Crippen molar-refractivity contribution in [3.8, 4) is 11.3 Å². The molecule has 0 spiro atoms. The van der Waals surface area contributed by atoms with Crippen LogP contribution in [0.3, 0.4) is 0 Å². The molecule has 1 aliphatic carbocycles. The van der Waals surface area contributed by atoms with Crippen molar-refractivity contribution in [3.05, 3.63) is 41.6 Å². The van der Waals surface area contributed by atoms with E-state index in [0.29, 0.717) is 18.4 Å². The molecule has 1 saturated carbocycles. The van der Waals surface area contributed by atoms with Crippen LogP contribution in [0.2, 0.25) is 0 Å². The summed E-state index contributed by atoms with van der Waals surface area (Å²) < 4.78 is 32.1. The highest BCUT2D eigenvalue weighted by molar-refractivity contribution is 5.93. The van der Waals surface area contributed by atoms with Crippen LogP contribution in [-0.2, 0) is 4.79 Å². The Balaban J connectivity index is 1.52. The molecule has 1 saturated heterocycles. The number of likely N-dealkylation sites (tertiary alicyclic amines) is 1. The van der Waals surface area contributed by atoms with Crippen molar-refractivity contribution < 1.29 is 28.0 Å². The minimum atomic E-state index is -0.954. The third-order valence-corrected chi connectivity index (χ3v) is 5.46. The first kappa shape index (κ1) is 19.5. The number of rotatable bonds is 6. The molecule has 9 heteroatoms. The number of halogens is 2. The molecule has 2 heterocycles. The zero-order valence-corrected chi connectivity index (χ0v) is 15.6. The second kappa shape index (κ2) is 7.90. The number of amides is 1. The molecule has 2 aliphatic rings. The van der Waals surface area contributed by atoms with E-state index in [4.69, 9.17) is 4.52 Å². The number of benzene rings is 1. The quantitative estimate of drug-likeness (QED) is 0.767. The fraction of sp³-hybridized carbons (Fsp3) is 0.450. The Kier molecular flexibility index (Phi) is 5.31. The number of carboxylic acid groups (broad SMARTS) is 1. The van der Waals surface area contributed by atoms with Crippen molar-refractivity contribution in [1.82, 2.24) is 15.4 Å². The second-order valence-corrected chi connectivity index (χ2v) is 7.64. The summed E-state index contributed by atoms with van der Waals surface area (Å²) in [6.45, 7) is 1.47. The summed E-state index contributed by atoms with van der Waals surface area (Å²) in [5.74, 6) is -3.29. The topological polar surface area (TPSA) is 95.7 Å². The molecule has 1 amide bonds. The number of carboxylic acids is 1. The average Bonchev–Trinajstić information content (AvgIpc) is 3.35. The third kappa shape index (κ3) is 4.29. The Morgan fingerprint density at radius 1 is 1.24 bits per heavy atom. The maximum absolute atomic E-state index is 13.9. The molecule has 2 fully saturated rings. The normalized spacial score (nSPS) is 22.4. The highest BCUT2D eigenvalue weighted by Crippen LogP contribution is 2.33. The summed E-state index contributed by atoms with van der Waals surface area (Å²) in [5.41, 5.74) is -0.112. The standard InChI is InChI=1S/C20H21F2N3O4/c21-12-5-6-13(15(22)8-12)17-9-16(24-29-17)19(26)23-18-14(20(27)28)2-1-7-25(18)10-11-3-4-11/h5-6,8-9,11,14,18H,1-4,7,10H2,(H,23,26)(H,27,28)/t14-,18?/m1/s1. The van der Waals surface area contributed by atoms with Crippen molar-refractivity contribution in [1.29, 1.82) is 0 Å². The zero-order valence-electron chi connectivity index (χ0n) is 15.6. The van der Waals surface area contributed by atoms with E-state index >= 15 is 0 Å². The van der Waals surface area contributed by atoms with E-state index in [-0.39, 0.29) is 17.0 Å². The summed E-state index contributed by atoms with van der Waals surface area (Å²) >= 11 is 0.